The molecular formula is C11H11N2O+. The van der Waals surface area contributed by atoms with Crippen molar-refractivity contribution in [2.24, 2.45) is 0 Å². The molecule has 0 atom stereocenters. The van der Waals surface area contributed by atoms with E-state index in [9.17, 15) is 0 Å². The van der Waals surface area contributed by atoms with Gasteiger partial charge in [-0.25, -0.2) is 4.84 Å². The normalized spacial score (nSPS) is 9.79. The molecule has 0 bridgehead atoms. The Labute approximate surface area is 82.5 Å². The van der Waals surface area contributed by atoms with Crippen molar-refractivity contribution in [1.82, 2.24) is 5.10 Å². The average Bonchev–Trinajstić information content (AvgIpc) is 2.30. The van der Waals surface area contributed by atoms with Gasteiger partial charge in [0.15, 0.2) is 7.11 Å². The van der Waals surface area contributed by atoms with E-state index in [1.807, 2.05) is 42.5 Å². The van der Waals surface area contributed by atoms with E-state index >= 15 is 0 Å². The van der Waals surface area contributed by atoms with Crippen molar-refractivity contribution < 1.29 is 9.68 Å². The summed E-state index contributed by atoms with van der Waals surface area (Å²) in [7, 11) is 1.59. The highest BCUT2D eigenvalue weighted by molar-refractivity contribution is 5.57. The zero-order valence-electron chi connectivity index (χ0n) is 7.92. The topological polar surface area (TPSA) is 26.0 Å². The quantitative estimate of drug-likeness (QED) is 0.658. The molecule has 0 N–H and O–H groups in total. The summed E-state index contributed by atoms with van der Waals surface area (Å²) in [5.74, 6) is 0. The molecule has 0 fully saturated rings. The van der Waals surface area contributed by atoms with Gasteiger partial charge in [0.1, 0.15) is 10.5 Å². The van der Waals surface area contributed by atoms with Gasteiger partial charge in [-0.2, -0.15) is 0 Å². The van der Waals surface area contributed by atoms with Crippen molar-refractivity contribution in [3.8, 4) is 11.3 Å². The Balaban J connectivity index is 2.42. The maximum Gasteiger partial charge on any atom is 0.254 e. The van der Waals surface area contributed by atoms with E-state index in [-0.39, 0.29) is 0 Å². The number of hydrogen-bond acceptors (Lipinski definition) is 2. The predicted molar refractivity (Wildman–Crippen MR) is 52.4 cm³/mol. The van der Waals surface area contributed by atoms with Crippen LogP contribution in [0.4, 0.5) is 0 Å². The van der Waals surface area contributed by atoms with Crippen molar-refractivity contribution in [2.75, 3.05) is 7.11 Å². The molecule has 0 aliphatic rings. The molecule has 0 radical (unpaired) electrons. The van der Waals surface area contributed by atoms with E-state index in [2.05, 4.69) is 5.10 Å². The summed E-state index contributed by atoms with van der Waals surface area (Å²) in [5.41, 5.74) is 1.98. The number of rotatable bonds is 2. The largest absolute Gasteiger partial charge is 0.254 e. The zero-order chi connectivity index (χ0) is 9.80. The van der Waals surface area contributed by atoms with E-state index in [4.69, 9.17) is 4.84 Å². The molecule has 3 nitrogen and oxygen atoms in total. The van der Waals surface area contributed by atoms with Gasteiger partial charge in [-0.05, 0) is 6.07 Å². The van der Waals surface area contributed by atoms with Crippen molar-refractivity contribution >= 4 is 0 Å². The smallest absolute Gasteiger partial charge is 0.249 e. The fraction of sp³-hybridized carbons (Fsp3) is 0.0909. The van der Waals surface area contributed by atoms with Crippen LogP contribution in [0, 0.1) is 0 Å². The maximum absolute atomic E-state index is 4.98. The lowest BCUT2D eigenvalue weighted by Gasteiger charge is -1.95. The van der Waals surface area contributed by atoms with Gasteiger partial charge in [0.05, 0.1) is 5.10 Å². The molecule has 70 valence electrons. The Morgan fingerprint density at radius 2 is 1.86 bits per heavy atom. The van der Waals surface area contributed by atoms with Crippen LogP contribution in [0.1, 0.15) is 0 Å². The molecule has 0 amide bonds. The number of hydrogen-bond donors (Lipinski definition) is 0. The first-order chi connectivity index (χ1) is 6.90. The molecule has 1 heterocycles. The Morgan fingerprint density at radius 1 is 1.07 bits per heavy atom. The monoisotopic (exact) mass is 187 g/mol. The fourth-order valence-electron chi connectivity index (χ4n) is 1.25. The van der Waals surface area contributed by atoms with Gasteiger partial charge in [0, 0.05) is 11.6 Å². The molecule has 1 aromatic heterocycles. The lowest BCUT2D eigenvalue weighted by molar-refractivity contribution is -0.929. The van der Waals surface area contributed by atoms with Crippen LogP contribution in [0.15, 0.2) is 48.7 Å². The highest BCUT2D eigenvalue weighted by Gasteiger charge is 2.05. The van der Waals surface area contributed by atoms with E-state index < -0.39 is 0 Å². The summed E-state index contributed by atoms with van der Waals surface area (Å²) >= 11 is 0. The van der Waals surface area contributed by atoms with Gasteiger partial charge in [-0.3, -0.25) is 0 Å². The first kappa shape index (κ1) is 8.69. The van der Waals surface area contributed by atoms with Crippen molar-refractivity contribution in [1.29, 1.82) is 0 Å². The van der Waals surface area contributed by atoms with Gasteiger partial charge in [0.25, 0.3) is 6.20 Å². The third-order valence-electron chi connectivity index (χ3n) is 1.93. The Morgan fingerprint density at radius 3 is 2.57 bits per heavy atom. The molecule has 2 aromatic rings. The minimum atomic E-state index is 0.898. The fourth-order valence-corrected chi connectivity index (χ4v) is 1.25. The van der Waals surface area contributed by atoms with Crippen molar-refractivity contribution in [3.05, 3.63) is 48.7 Å². The van der Waals surface area contributed by atoms with E-state index in [0.29, 0.717) is 0 Å². The molecule has 0 aliphatic carbocycles. The summed E-state index contributed by atoms with van der Waals surface area (Å²) in [6.07, 6.45) is 1.76. The maximum atomic E-state index is 4.98. The highest BCUT2D eigenvalue weighted by Crippen LogP contribution is 2.13. The molecule has 2 rings (SSSR count). The second kappa shape index (κ2) is 3.87. The van der Waals surface area contributed by atoms with Gasteiger partial charge >= 0.3 is 0 Å². The van der Waals surface area contributed by atoms with Crippen molar-refractivity contribution in [2.45, 2.75) is 0 Å². The number of aromatic nitrogens is 2. The predicted octanol–water partition coefficient (Wildman–Crippen LogP) is 1.09. The minimum absolute atomic E-state index is 0.898. The standard InChI is InChI=1S/C11H11N2O/c1-14-13-9-5-8-11(12-13)10-6-3-2-4-7-10/h2-9H,1H3/q+1. The SMILES string of the molecule is CO[n+]1cccc(-c2ccccc2)n1. The first-order valence-corrected chi connectivity index (χ1v) is 4.39. The third kappa shape index (κ3) is 1.71. The molecule has 0 saturated carbocycles. The summed E-state index contributed by atoms with van der Waals surface area (Å²) in [6, 6.07) is 13.8. The lowest BCUT2D eigenvalue weighted by atomic mass is 10.1. The second-order valence-corrected chi connectivity index (χ2v) is 2.84. The Bertz CT molecular complexity index is 415. The van der Waals surface area contributed by atoms with Crippen LogP contribution in [0.3, 0.4) is 0 Å². The van der Waals surface area contributed by atoms with Gasteiger partial charge in [0.2, 0.25) is 0 Å². The van der Waals surface area contributed by atoms with Crippen LogP contribution in [0.5, 0.6) is 0 Å². The summed E-state index contributed by atoms with van der Waals surface area (Å²) in [5, 5.41) is 4.26. The van der Waals surface area contributed by atoms with E-state index in [1.165, 1.54) is 4.85 Å². The molecule has 0 spiro atoms. The number of benzene rings is 1. The molecule has 0 saturated heterocycles. The summed E-state index contributed by atoms with van der Waals surface area (Å²) in [6.45, 7) is 0. The average molecular weight is 187 g/mol. The first-order valence-electron chi connectivity index (χ1n) is 4.39. The zero-order valence-corrected chi connectivity index (χ0v) is 7.92. The van der Waals surface area contributed by atoms with Crippen LogP contribution in [-0.2, 0) is 0 Å². The molecule has 0 unspecified atom stereocenters. The van der Waals surface area contributed by atoms with Gasteiger partial charge in [-0.1, -0.05) is 30.3 Å². The number of nitrogens with zero attached hydrogens (tertiary/aromatic N) is 2. The third-order valence-corrected chi connectivity index (χ3v) is 1.93. The Kier molecular flexibility index (Phi) is 2.40. The van der Waals surface area contributed by atoms with Crippen LogP contribution >= 0.6 is 0 Å². The van der Waals surface area contributed by atoms with Crippen LogP contribution in [0.2, 0.25) is 0 Å². The van der Waals surface area contributed by atoms with Crippen LogP contribution in [0.25, 0.3) is 11.3 Å². The molecule has 1 aromatic carbocycles. The minimum Gasteiger partial charge on any atom is -0.249 e. The lowest BCUT2D eigenvalue weighted by Crippen LogP contribution is -2.43. The highest BCUT2D eigenvalue weighted by atomic mass is 16.7. The summed E-state index contributed by atoms with van der Waals surface area (Å²) in [4.78, 5) is 6.41. The molecule has 0 aliphatic heterocycles. The van der Waals surface area contributed by atoms with Crippen molar-refractivity contribution in [3.63, 3.8) is 0 Å². The molecular weight excluding hydrogens is 176 g/mol. The van der Waals surface area contributed by atoms with Gasteiger partial charge < -0.3 is 0 Å². The van der Waals surface area contributed by atoms with Crippen LogP contribution < -0.4 is 9.68 Å². The van der Waals surface area contributed by atoms with E-state index in [0.717, 1.165) is 11.3 Å². The van der Waals surface area contributed by atoms with Crippen LogP contribution in [-0.4, -0.2) is 12.2 Å². The van der Waals surface area contributed by atoms with Gasteiger partial charge in [-0.15, -0.1) is 0 Å². The van der Waals surface area contributed by atoms with E-state index in [1.54, 1.807) is 13.3 Å². The molecule has 3 heteroatoms. The summed E-state index contributed by atoms with van der Waals surface area (Å²) < 4.78 is 0. The Hall–Kier alpha value is -1.90. The second-order valence-electron chi connectivity index (χ2n) is 2.84. The molecule has 14 heavy (non-hydrogen) atoms.